The molecule has 1 amide bonds. The molecule has 1 heterocycles. The zero-order valence-corrected chi connectivity index (χ0v) is 8.44. The van der Waals surface area contributed by atoms with Gasteiger partial charge in [0.1, 0.15) is 6.33 Å². The van der Waals surface area contributed by atoms with E-state index in [0.29, 0.717) is 19.1 Å². The number of carbonyl (C=O) groups is 1. The Morgan fingerprint density at radius 1 is 1.40 bits per heavy atom. The van der Waals surface area contributed by atoms with Gasteiger partial charge in [-0.15, -0.1) is 0 Å². The van der Waals surface area contributed by atoms with Crippen LogP contribution in [0.15, 0.2) is 18.7 Å². The highest BCUT2D eigenvalue weighted by Crippen LogP contribution is 2.18. The number of hydrogen-bond donors (Lipinski definition) is 2. The standard InChI is InChI=1S/C10H14N4O/c15-10(14-9-1-2-9)6-11-3-8-4-12-7-13-5-8/h4-5,7,9,11H,1-3,6H2,(H,14,15). The molecule has 1 fully saturated rings. The molecule has 1 aromatic rings. The van der Waals surface area contributed by atoms with E-state index in [1.807, 2.05) is 0 Å². The smallest absolute Gasteiger partial charge is 0.234 e. The minimum Gasteiger partial charge on any atom is -0.352 e. The molecule has 1 aliphatic rings. The predicted octanol–water partition coefficient (Wildman–Crippen LogP) is -0.155. The number of nitrogens with zero attached hydrogens (tertiary/aromatic N) is 2. The van der Waals surface area contributed by atoms with Crippen molar-refractivity contribution in [3.05, 3.63) is 24.3 Å². The Morgan fingerprint density at radius 3 is 2.80 bits per heavy atom. The van der Waals surface area contributed by atoms with Gasteiger partial charge >= 0.3 is 0 Å². The second kappa shape index (κ2) is 4.84. The lowest BCUT2D eigenvalue weighted by atomic mass is 10.3. The van der Waals surface area contributed by atoms with Gasteiger partial charge in [0.05, 0.1) is 6.54 Å². The maximum absolute atomic E-state index is 11.3. The van der Waals surface area contributed by atoms with Crippen LogP contribution in [-0.4, -0.2) is 28.5 Å². The summed E-state index contributed by atoms with van der Waals surface area (Å²) in [5.74, 6) is 0.0642. The summed E-state index contributed by atoms with van der Waals surface area (Å²) in [6.45, 7) is 0.977. The Hall–Kier alpha value is -1.49. The predicted molar refractivity (Wildman–Crippen MR) is 54.9 cm³/mol. The Morgan fingerprint density at radius 2 is 2.13 bits per heavy atom. The van der Waals surface area contributed by atoms with Crippen molar-refractivity contribution >= 4 is 5.91 Å². The molecular formula is C10H14N4O. The first-order valence-electron chi connectivity index (χ1n) is 5.08. The molecule has 2 rings (SSSR count). The van der Waals surface area contributed by atoms with E-state index < -0.39 is 0 Å². The van der Waals surface area contributed by atoms with Crippen molar-refractivity contribution in [1.29, 1.82) is 0 Å². The molecule has 0 radical (unpaired) electrons. The molecule has 2 N–H and O–H groups in total. The Bertz CT molecular complexity index is 323. The van der Waals surface area contributed by atoms with Gasteiger partial charge in [-0.25, -0.2) is 9.97 Å². The van der Waals surface area contributed by atoms with E-state index in [4.69, 9.17) is 0 Å². The number of aromatic nitrogens is 2. The fourth-order valence-corrected chi connectivity index (χ4v) is 1.25. The molecule has 15 heavy (non-hydrogen) atoms. The van der Waals surface area contributed by atoms with E-state index in [9.17, 15) is 4.79 Å². The average molecular weight is 206 g/mol. The molecule has 0 spiro atoms. The van der Waals surface area contributed by atoms with Gasteiger partial charge in [-0.2, -0.15) is 0 Å². The molecular weight excluding hydrogens is 192 g/mol. The minimum absolute atomic E-state index is 0.0642. The van der Waals surface area contributed by atoms with Gasteiger partial charge in [0.2, 0.25) is 5.91 Å². The molecule has 0 aromatic carbocycles. The van der Waals surface area contributed by atoms with Gasteiger partial charge in [0.25, 0.3) is 0 Å². The fraction of sp³-hybridized carbons (Fsp3) is 0.500. The highest BCUT2D eigenvalue weighted by Gasteiger charge is 2.22. The van der Waals surface area contributed by atoms with Crippen LogP contribution in [0.4, 0.5) is 0 Å². The van der Waals surface area contributed by atoms with Crippen LogP contribution in [0.2, 0.25) is 0 Å². The minimum atomic E-state index is 0.0642. The summed E-state index contributed by atoms with van der Waals surface area (Å²) in [5.41, 5.74) is 0.983. The third-order valence-electron chi connectivity index (χ3n) is 2.17. The first-order valence-corrected chi connectivity index (χ1v) is 5.08. The monoisotopic (exact) mass is 206 g/mol. The molecule has 5 heteroatoms. The third kappa shape index (κ3) is 3.63. The zero-order valence-electron chi connectivity index (χ0n) is 8.44. The van der Waals surface area contributed by atoms with E-state index >= 15 is 0 Å². The molecule has 0 bridgehead atoms. The van der Waals surface area contributed by atoms with Crippen molar-refractivity contribution in [2.24, 2.45) is 0 Å². The van der Waals surface area contributed by atoms with Crippen LogP contribution in [0.25, 0.3) is 0 Å². The first-order chi connectivity index (χ1) is 7.34. The maximum Gasteiger partial charge on any atom is 0.234 e. The third-order valence-corrected chi connectivity index (χ3v) is 2.17. The van der Waals surface area contributed by atoms with Crippen LogP contribution in [0, 0.1) is 0 Å². The normalized spacial score (nSPS) is 14.9. The second-order valence-corrected chi connectivity index (χ2v) is 3.69. The zero-order chi connectivity index (χ0) is 10.5. The van der Waals surface area contributed by atoms with Crippen molar-refractivity contribution in [3.63, 3.8) is 0 Å². The molecule has 0 atom stereocenters. The van der Waals surface area contributed by atoms with Crippen LogP contribution >= 0.6 is 0 Å². The van der Waals surface area contributed by atoms with Crippen molar-refractivity contribution in [2.45, 2.75) is 25.4 Å². The van der Waals surface area contributed by atoms with E-state index in [0.717, 1.165) is 18.4 Å². The topological polar surface area (TPSA) is 66.9 Å². The molecule has 0 saturated heterocycles. The van der Waals surface area contributed by atoms with Crippen molar-refractivity contribution in [3.8, 4) is 0 Å². The molecule has 0 unspecified atom stereocenters. The number of carbonyl (C=O) groups excluding carboxylic acids is 1. The van der Waals surface area contributed by atoms with E-state index in [1.54, 1.807) is 12.4 Å². The fourth-order valence-electron chi connectivity index (χ4n) is 1.25. The van der Waals surface area contributed by atoms with E-state index in [2.05, 4.69) is 20.6 Å². The van der Waals surface area contributed by atoms with E-state index in [1.165, 1.54) is 6.33 Å². The summed E-state index contributed by atoms with van der Waals surface area (Å²) in [7, 11) is 0. The van der Waals surface area contributed by atoms with Gasteiger partial charge in [-0.1, -0.05) is 0 Å². The summed E-state index contributed by atoms with van der Waals surface area (Å²) in [6, 6.07) is 0.430. The lowest BCUT2D eigenvalue weighted by Crippen LogP contribution is -2.34. The molecule has 1 aliphatic carbocycles. The van der Waals surface area contributed by atoms with E-state index in [-0.39, 0.29) is 5.91 Å². The van der Waals surface area contributed by atoms with Gasteiger partial charge in [0, 0.05) is 30.5 Å². The largest absolute Gasteiger partial charge is 0.352 e. The van der Waals surface area contributed by atoms with Crippen LogP contribution < -0.4 is 10.6 Å². The molecule has 0 aliphatic heterocycles. The first kappa shape index (κ1) is 10.0. The number of nitrogens with one attached hydrogen (secondary N) is 2. The SMILES string of the molecule is O=C(CNCc1cncnc1)NC1CC1. The van der Waals surface area contributed by atoms with Gasteiger partial charge < -0.3 is 10.6 Å². The lowest BCUT2D eigenvalue weighted by Gasteiger charge is -2.04. The lowest BCUT2D eigenvalue weighted by molar-refractivity contribution is -0.120. The number of hydrogen-bond acceptors (Lipinski definition) is 4. The van der Waals surface area contributed by atoms with Gasteiger partial charge in [-0.3, -0.25) is 4.79 Å². The summed E-state index contributed by atoms with van der Waals surface area (Å²) in [4.78, 5) is 19.1. The van der Waals surface area contributed by atoms with Gasteiger partial charge in [-0.05, 0) is 12.8 Å². The maximum atomic E-state index is 11.3. The number of rotatable bonds is 5. The molecule has 1 aromatic heterocycles. The summed E-state index contributed by atoms with van der Waals surface area (Å²) in [6.07, 6.45) is 7.21. The molecule has 1 saturated carbocycles. The van der Waals surface area contributed by atoms with Crippen molar-refractivity contribution < 1.29 is 4.79 Å². The summed E-state index contributed by atoms with van der Waals surface area (Å²) < 4.78 is 0. The van der Waals surface area contributed by atoms with Crippen LogP contribution in [0.5, 0.6) is 0 Å². The van der Waals surface area contributed by atoms with Crippen molar-refractivity contribution in [1.82, 2.24) is 20.6 Å². The summed E-state index contributed by atoms with van der Waals surface area (Å²) >= 11 is 0. The van der Waals surface area contributed by atoms with Crippen LogP contribution in [0.1, 0.15) is 18.4 Å². The van der Waals surface area contributed by atoms with Crippen molar-refractivity contribution in [2.75, 3.05) is 6.54 Å². The Kier molecular flexibility index (Phi) is 3.24. The highest BCUT2D eigenvalue weighted by atomic mass is 16.2. The summed E-state index contributed by atoms with van der Waals surface area (Å²) in [5, 5.41) is 5.95. The molecule has 80 valence electrons. The van der Waals surface area contributed by atoms with Crippen LogP contribution in [-0.2, 0) is 11.3 Å². The Labute approximate surface area is 88.3 Å². The van der Waals surface area contributed by atoms with Gasteiger partial charge in [0.15, 0.2) is 0 Å². The Balaban J connectivity index is 1.63. The quantitative estimate of drug-likeness (QED) is 0.703. The second-order valence-electron chi connectivity index (χ2n) is 3.69. The highest BCUT2D eigenvalue weighted by molar-refractivity contribution is 5.78. The average Bonchev–Trinajstić information content (AvgIpc) is 3.03. The number of amides is 1. The van der Waals surface area contributed by atoms with Crippen LogP contribution in [0.3, 0.4) is 0 Å². The molecule has 5 nitrogen and oxygen atoms in total.